The number of esters is 4. The summed E-state index contributed by atoms with van der Waals surface area (Å²) in [5.41, 5.74) is 0. The fraction of sp³-hybridized carbons (Fsp3) is 0.901. The van der Waals surface area contributed by atoms with Gasteiger partial charge in [0.15, 0.2) is 12.2 Å². The first kappa shape index (κ1) is 97.5. The number of hydrogen-bond acceptors (Lipinski definition) is 15. The molecule has 3 unspecified atom stereocenters. The Kier molecular flexibility index (Phi) is 71.6. The molecule has 590 valence electrons. The highest BCUT2D eigenvalue weighted by Crippen LogP contribution is 2.45. The van der Waals surface area contributed by atoms with E-state index >= 15 is 0 Å². The first-order valence-electron chi connectivity index (χ1n) is 41.5. The number of allylic oxidation sites excluding steroid dienone is 4. The molecule has 0 aromatic carbocycles. The standard InChI is InChI=1S/C81H154O17P2/c1-6-10-13-16-19-21-23-25-27-28-29-30-31-33-39-43-47-52-57-62-67-81(86)98-77(71-92-79(84)65-60-55-50-45-41-37-35-34-36-40-44-49-53-58-63-74(5)9-4)73-96-100(89,90)94-69-75(82)68-93-99(87,88)95-72-76(70-91-78(83)64-59-54-48-18-15-12-8-3)97-80(85)66-61-56-51-46-42-38-32-26-24-22-20-17-14-11-7-2/h22,24,26,32,74-77,82H,6-21,23,25,27-31,33-73H2,1-5H3,(H,87,88)(H,89,90)/b24-22-,32-26-/t74?,75-,76+,77+/m0/s1. The van der Waals surface area contributed by atoms with Crippen molar-refractivity contribution in [1.82, 2.24) is 0 Å². The Hall–Kier alpha value is -2.46. The fourth-order valence-electron chi connectivity index (χ4n) is 12.0. The molecular formula is C81H154O17P2. The topological polar surface area (TPSA) is 237 Å². The molecule has 0 saturated carbocycles. The van der Waals surface area contributed by atoms with E-state index in [0.717, 1.165) is 121 Å². The van der Waals surface area contributed by atoms with Crippen LogP contribution in [0.15, 0.2) is 24.3 Å². The zero-order valence-electron chi connectivity index (χ0n) is 64.8. The van der Waals surface area contributed by atoms with E-state index in [1.807, 2.05) is 0 Å². The lowest BCUT2D eigenvalue weighted by Crippen LogP contribution is -2.30. The van der Waals surface area contributed by atoms with Crippen molar-refractivity contribution in [1.29, 1.82) is 0 Å². The van der Waals surface area contributed by atoms with Crippen LogP contribution in [0.4, 0.5) is 0 Å². The number of rotatable bonds is 79. The van der Waals surface area contributed by atoms with Gasteiger partial charge in [-0.2, -0.15) is 0 Å². The van der Waals surface area contributed by atoms with Gasteiger partial charge < -0.3 is 33.8 Å². The summed E-state index contributed by atoms with van der Waals surface area (Å²) in [4.78, 5) is 72.8. The molecule has 0 amide bonds. The third-order valence-corrected chi connectivity index (χ3v) is 20.7. The Morgan fingerprint density at radius 3 is 0.850 bits per heavy atom. The average molecular weight is 1460 g/mol. The largest absolute Gasteiger partial charge is 0.472 e. The second kappa shape index (κ2) is 73.4. The average Bonchev–Trinajstić information content (AvgIpc) is 0.918. The smallest absolute Gasteiger partial charge is 0.462 e. The van der Waals surface area contributed by atoms with Gasteiger partial charge in [-0.25, -0.2) is 9.13 Å². The highest BCUT2D eigenvalue weighted by atomic mass is 31.2. The van der Waals surface area contributed by atoms with Crippen LogP contribution in [0.25, 0.3) is 0 Å². The summed E-state index contributed by atoms with van der Waals surface area (Å²) in [5, 5.41) is 10.6. The molecule has 0 aromatic heterocycles. The molecule has 0 radical (unpaired) electrons. The third kappa shape index (κ3) is 72.5. The molecule has 0 heterocycles. The van der Waals surface area contributed by atoms with E-state index in [1.165, 1.54) is 205 Å². The zero-order chi connectivity index (χ0) is 73.4. The number of unbranched alkanes of at least 4 members (excludes halogenated alkanes) is 47. The van der Waals surface area contributed by atoms with Gasteiger partial charge in [-0.05, 0) is 57.3 Å². The highest BCUT2D eigenvalue weighted by molar-refractivity contribution is 7.47. The number of aliphatic hydroxyl groups excluding tert-OH is 1. The number of hydrogen-bond donors (Lipinski definition) is 3. The molecule has 19 heteroatoms. The van der Waals surface area contributed by atoms with Gasteiger partial charge in [-0.1, -0.05) is 354 Å². The summed E-state index contributed by atoms with van der Waals surface area (Å²) in [6.45, 7) is 7.27. The number of aliphatic hydroxyl groups is 1. The quantitative estimate of drug-likeness (QED) is 0.0169. The molecule has 0 aromatic rings. The normalized spacial score (nSPS) is 14.3. The van der Waals surface area contributed by atoms with Gasteiger partial charge in [-0.15, -0.1) is 0 Å². The van der Waals surface area contributed by atoms with Gasteiger partial charge >= 0.3 is 39.5 Å². The molecule has 100 heavy (non-hydrogen) atoms. The first-order chi connectivity index (χ1) is 48.6. The van der Waals surface area contributed by atoms with Crippen LogP contribution < -0.4 is 0 Å². The summed E-state index contributed by atoms with van der Waals surface area (Å²) in [7, 11) is -9.93. The van der Waals surface area contributed by atoms with Crippen LogP contribution in [-0.4, -0.2) is 96.7 Å². The molecule has 0 fully saturated rings. The molecule has 0 saturated heterocycles. The van der Waals surface area contributed by atoms with Gasteiger partial charge in [0.05, 0.1) is 26.4 Å². The van der Waals surface area contributed by atoms with Crippen LogP contribution in [0.1, 0.15) is 407 Å². The summed E-state index contributed by atoms with van der Waals surface area (Å²) < 4.78 is 68.5. The van der Waals surface area contributed by atoms with Crippen molar-refractivity contribution in [3.05, 3.63) is 24.3 Å². The van der Waals surface area contributed by atoms with E-state index < -0.39 is 97.5 Å². The molecule has 0 spiro atoms. The van der Waals surface area contributed by atoms with Gasteiger partial charge in [0, 0.05) is 25.7 Å². The molecule has 17 nitrogen and oxygen atoms in total. The Labute approximate surface area is 612 Å². The fourth-order valence-corrected chi connectivity index (χ4v) is 13.6. The highest BCUT2D eigenvalue weighted by Gasteiger charge is 2.30. The van der Waals surface area contributed by atoms with Gasteiger partial charge in [0.25, 0.3) is 0 Å². The van der Waals surface area contributed by atoms with Crippen LogP contribution in [0.3, 0.4) is 0 Å². The van der Waals surface area contributed by atoms with Gasteiger partial charge in [0.2, 0.25) is 0 Å². The second-order valence-electron chi connectivity index (χ2n) is 28.7. The predicted molar refractivity (Wildman–Crippen MR) is 409 cm³/mol. The molecule has 0 rings (SSSR count). The molecule has 6 atom stereocenters. The minimum atomic E-state index is -4.96. The van der Waals surface area contributed by atoms with E-state index in [4.69, 9.17) is 37.0 Å². The summed E-state index contributed by atoms with van der Waals surface area (Å²) in [6.07, 6.45) is 67.6. The van der Waals surface area contributed by atoms with Gasteiger partial charge in [-0.3, -0.25) is 37.3 Å². The van der Waals surface area contributed by atoms with Crippen LogP contribution in [0.2, 0.25) is 0 Å². The predicted octanol–water partition coefficient (Wildman–Crippen LogP) is 24.0. The molecular weight excluding hydrogens is 1310 g/mol. The first-order valence-corrected chi connectivity index (χ1v) is 44.5. The van der Waals surface area contributed by atoms with Gasteiger partial charge in [0.1, 0.15) is 19.3 Å². The third-order valence-electron chi connectivity index (χ3n) is 18.8. The lowest BCUT2D eigenvalue weighted by atomic mass is 9.99. The van der Waals surface area contributed by atoms with E-state index in [2.05, 4.69) is 58.9 Å². The van der Waals surface area contributed by atoms with E-state index in [0.29, 0.717) is 25.7 Å². The second-order valence-corrected chi connectivity index (χ2v) is 31.6. The molecule has 0 bridgehead atoms. The van der Waals surface area contributed by atoms with Crippen molar-refractivity contribution in [2.45, 2.75) is 425 Å². The number of phosphoric acid groups is 2. The van der Waals surface area contributed by atoms with Crippen molar-refractivity contribution >= 4 is 39.5 Å². The van der Waals surface area contributed by atoms with E-state index in [9.17, 15) is 43.2 Å². The number of ether oxygens (including phenoxy) is 4. The summed E-state index contributed by atoms with van der Waals surface area (Å²) in [5.74, 6) is -1.29. The molecule has 0 aliphatic rings. The Morgan fingerprint density at radius 1 is 0.320 bits per heavy atom. The minimum absolute atomic E-state index is 0.0850. The van der Waals surface area contributed by atoms with Crippen molar-refractivity contribution < 1.29 is 80.2 Å². The lowest BCUT2D eigenvalue weighted by molar-refractivity contribution is -0.161. The van der Waals surface area contributed by atoms with E-state index in [-0.39, 0.29) is 25.7 Å². The number of phosphoric ester groups is 2. The molecule has 3 N–H and O–H groups in total. The number of carbonyl (C=O) groups excluding carboxylic acids is 4. The van der Waals surface area contributed by atoms with Crippen molar-refractivity contribution in [3.8, 4) is 0 Å². The summed E-state index contributed by atoms with van der Waals surface area (Å²) in [6, 6.07) is 0. The lowest BCUT2D eigenvalue weighted by Gasteiger charge is -2.21. The maximum Gasteiger partial charge on any atom is 0.472 e. The number of carbonyl (C=O) groups is 4. The van der Waals surface area contributed by atoms with Crippen molar-refractivity contribution in [3.63, 3.8) is 0 Å². The van der Waals surface area contributed by atoms with Crippen LogP contribution >= 0.6 is 15.6 Å². The Balaban J connectivity index is 5.21. The van der Waals surface area contributed by atoms with Crippen LogP contribution in [-0.2, 0) is 65.4 Å². The molecule has 0 aliphatic heterocycles. The van der Waals surface area contributed by atoms with Crippen LogP contribution in [0.5, 0.6) is 0 Å². The maximum atomic E-state index is 13.1. The monoisotopic (exact) mass is 1460 g/mol. The Bertz CT molecular complexity index is 2010. The minimum Gasteiger partial charge on any atom is -0.462 e. The van der Waals surface area contributed by atoms with Crippen LogP contribution in [0, 0.1) is 5.92 Å². The Morgan fingerprint density at radius 2 is 0.560 bits per heavy atom. The zero-order valence-corrected chi connectivity index (χ0v) is 66.6. The van der Waals surface area contributed by atoms with Crippen molar-refractivity contribution in [2.75, 3.05) is 39.6 Å². The van der Waals surface area contributed by atoms with Crippen molar-refractivity contribution in [2.24, 2.45) is 5.92 Å². The molecule has 0 aliphatic carbocycles. The summed E-state index contributed by atoms with van der Waals surface area (Å²) >= 11 is 0. The maximum absolute atomic E-state index is 13.1. The van der Waals surface area contributed by atoms with E-state index in [1.54, 1.807) is 0 Å². The SMILES string of the molecule is CCCCCC/C=C\C=C/CCCCCCCC(=O)O[C@H](COC(=O)CCCCCCCCC)COP(=O)(O)OC[C@H](O)COP(=O)(O)OC[C@@H](COC(=O)CCCCCCCCCCCCCCCCC(C)CC)OC(=O)CCCCCCCCCCCCCCCCCCCCCC.